The molecule has 1 heterocycles. The largest absolute Gasteiger partial charge is 0.311 e. The van der Waals surface area contributed by atoms with Crippen LogP contribution in [0.4, 0.5) is 0 Å². The molecule has 1 aliphatic heterocycles. The van der Waals surface area contributed by atoms with Crippen LogP contribution in [0.5, 0.6) is 0 Å². The molecule has 0 aromatic rings. The highest BCUT2D eigenvalue weighted by molar-refractivity contribution is 4.91. The quantitative estimate of drug-likeness (QED) is 0.543. The molecule has 0 amide bonds. The van der Waals surface area contributed by atoms with Crippen molar-refractivity contribution in [2.75, 3.05) is 19.6 Å². The van der Waals surface area contributed by atoms with Gasteiger partial charge in [-0.3, -0.25) is 4.90 Å². The summed E-state index contributed by atoms with van der Waals surface area (Å²) in [6.45, 7) is 9.03. The van der Waals surface area contributed by atoms with E-state index in [1.54, 1.807) is 0 Å². The lowest BCUT2D eigenvalue weighted by atomic mass is 10.0. The summed E-state index contributed by atoms with van der Waals surface area (Å²) in [5.41, 5.74) is 0. The van der Waals surface area contributed by atoms with Crippen LogP contribution in [0.25, 0.3) is 0 Å². The Morgan fingerprint density at radius 1 is 1.60 bits per heavy atom. The molecule has 0 aromatic carbocycles. The Morgan fingerprint density at radius 2 is 2.27 bits per heavy atom. The third-order valence-corrected chi connectivity index (χ3v) is 2.94. The van der Waals surface area contributed by atoms with Crippen LogP contribution in [-0.2, 0) is 0 Å². The smallest absolute Gasteiger partial charge is 0.0598 e. The first kappa shape index (κ1) is 12.3. The summed E-state index contributed by atoms with van der Waals surface area (Å²) < 4.78 is 0. The average Bonchev–Trinajstić information content (AvgIpc) is 2.22. The lowest BCUT2D eigenvalue weighted by Crippen LogP contribution is -2.45. The summed E-state index contributed by atoms with van der Waals surface area (Å²) in [5, 5.41) is 3.63. The molecule has 2 heteroatoms. The second-order valence-corrected chi connectivity index (χ2v) is 4.35. The third kappa shape index (κ3) is 4.51. The SMILES string of the molecule is C#CCN1CCC(NC(C)CC=C)CC1. The second kappa shape index (κ2) is 6.66. The Kier molecular flexibility index (Phi) is 5.45. The molecule has 15 heavy (non-hydrogen) atoms. The summed E-state index contributed by atoms with van der Waals surface area (Å²) in [6.07, 6.45) is 10.7. The van der Waals surface area contributed by atoms with E-state index in [0.717, 1.165) is 26.1 Å². The van der Waals surface area contributed by atoms with Gasteiger partial charge in [-0.1, -0.05) is 12.0 Å². The summed E-state index contributed by atoms with van der Waals surface area (Å²) in [7, 11) is 0. The van der Waals surface area contributed by atoms with Crippen LogP contribution in [0.2, 0.25) is 0 Å². The highest BCUT2D eigenvalue weighted by atomic mass is 15.1. The lowest BCUT2D eigenvalue weighted by molar-refractivity contribution is 0.211. The van der Waals surface area contributed by atoms with Gasteiger partial charge in [-0.25, -0.2) is 0 Å². The van der Waals surface area contributed by atoms with E-state index in [0.29, 0.717) is 12.1 Å². The van der Waals surface area contributed by atoms with Crippen molar-refractivity contribution in [1.29, 1.82) is 0 Å². The molecule has 1 N–H and O–H groups in total. The standard InChI is InChI=1S/C13H22N2/c1-4-6-12(3)14-13-7-10-15(9-5-2)11-8-13/h2,4,12-14H,1,6-11H2,3H3. The molecule has 1 rings (SSSR count). The first-order valence-electron chi connectivity index (χ1n) is 5.79. The van der Waals surface area contributed by atoms with Crippen LogP contribution in [0.3, 0.4) is 0 Å². The molecule has 1 atom stereocenters. The predicted molar refractivity (Wildman–Crippen MR) is 65.7 cm³/mol. The molecule has 1 aliphatic rings. The third-order valence-electron chi connectivity index (χ3n) is 2.94. The van der Waals surface area contributed by atoms with Gasteiger partial charge >= 0.3 is 0 Å². The molecule has 0 aliphatic carbocycles. The number of nitrogens with one attached hydrogen (secondary N) is 1. The van der Waals surface area contributed by atoms with E-state index in [1.165, 1.54) is 12.8 Å². The van der Waals surface area contributed by atoms with Gasteiger partial charge in [0.25, 0.3) is 0 Å². The second-order valence-electron chi connectivity index (χ2n) is 4.35. The molecular weight excluding hydrogens is 184 g/mol. The fraction of sp³-hybridized carbons (Fsp3) is 0.692. The summed E-state index contributed by atoms with van der Waals surface area (Å²) in [4.78, 5) is 2.34. The molecule has 2 nitrogen and oxygen atoms in total. The highest BCUT2D eigenvalue weighted by Gasteiger charge is 2.18. The molecule has 0 bridgehead atoms. The van der Waals surface area contributed by atoms with Gasteiger partial charge < -0.3 is 5.32 Å². The number of terminal acetylenes is 1. The van der Waals surface area contributed by atoms with Crippen molar-refractivity contribution in [1.82, 2.24) is 10.2 Å². The Morgan fingerprint density at radius 3 is 2.80 bits per heavy atom. The van der Waals surface area contributed by atoms with Gasteiger partial charge in [-0.05, 0) is 26.2 Å². The van der Waals surface area contributed by atoms with E-state index >= 15 is 0 Å². The predicted octanol–water partition coefficient (Wildman–Crippen LogP) is 1.64. The molecule has 0 aromatic heterocycles. The van der Waals surface area contributed by atoms with Gasteiger partial charge in [0.05, 0.1) is 6.54 Å². The minimum Gasteiger partial charge on any atom is -0.311 e. The van der Waals surface area contributed by atoms with Crippen LogP contribution in [0.1, 0.15) is 26.2 Å². The first-order chi connectivity index (χ1) is 7.26. The summed E-state index contributed by atoms with van der Waals surface area (Å²) in [6, 6.07) is 1.21. The maximum atomic E-state index is 5.30. The van der Waals surface area contributed by atoms with Crippen molar-refractivity contribution >= 4 is 0 Å². The Balaban J connectivity index is 2.20. The van der Waals surface area contributed by atoms with E-state index in [9.17, 15) is 0 Å². The number of hydrogen-bond donors (Lipinski definition) is 1. The van der Waals surface area contributed by atoms with Crippen molar-refractivity contribution < 1.29 is 0 Å². The Labute approximate surface area is 93.7 Å². The summed E-state index contributed by atoms with van der Waals surface area (Å²) in [5.74, 6) is 2.71. The van der Waals surface area contributed by atoms with Crippen LogP contribution in [-0.4, -0.2) is 36.6 Å². The maximum Gasteiger partial charge on any atom is 0.0598 e. The van der Waals surface area contributed by atoms with E-state index in [1.807, 2.05) is 6.08 Å². The minimum absolute atomic E-state index is 0.548. The van der Waals surface area contributed by atoms with Crippen molar-refractivity contribution in [3.63, 3.8) is 0 Å². The van der Waals surface area contributed by atoms with Crippen LogP contribution in [0.15, 0.2) is 12.7 Å². The monoisotopic (exact) mass is 206 g/mol. The van der Waals surface area contributed by atoms with Crippen molar-refractivity contribution in [3.8, 4) is 12.3 Å². The van der Waals surface area contributed by atoms with E-state index in [2.05, 4.69) is 29.6 Å². The van der Waals surface area contributed by atoms with Crippen LogP contribution >= 0.6 is 0 Å². The first-order valence-corrected chi connectivity index (χ1v) is 5.79. The molecular formula is C13H22N2. The molecule has 0 saturated carbocycles. The molecule has 84 valence electrons. The molecule has 1 saturated heterocycles. The highest BCUT2D eigenvalue weighted by Crippen LogP contribution is 2.10. The molecule has 1 fully saturated rings. The minimum atomic E-state index is 0.548. The number of likely N-dealkylation sites (tertiary alicyclic amines) is 1. The zero-order valence-electron chi connectivity index (χ0n) is 9.71. The number of rotatable bonds is 5. The van der Waals surface area contributed by atoms with Gasteiger partial charge in [0.15, 0.2) is 0 Å². The molecule has 1 unspecified atom stereocenters. The van der Waals surface area contributed by atoms with Gasteiger partial charge in [-0.15, -0.1) is 13.0 Å². The van der Waals surface area contributed by atoms with Crippen molar-refractivity contribution in [2.24, 2.45) is 0 Å². The molecule has 0 radical (unpaired) electrons. The number of nitrogens with zero attached hydrogens (tertiary/aromatic N) is 1. The van der Waals surface area contributed by atoms with Crippen molar-refractivity contribution in [2.45, 2.75) is 38.3 Å². The zero-order valence-corrected chi connectivity index (χ0v) is 9.71. The van der Waals surface area contributed by atoms with E-state index in [-0.39, 0.29) is 0 Å². The van der Waals surface area contributed by atoms with E-state index < -0.39 is 0 Å². The zero-order chi connectivity index (χ0) is 11.1. The average molecular weight is 206 g/mol. The van der Waals surface area contributed by atoms with Crippen molar-refractivity contribution in [3.05, 3.63) is 12.7 Å². The summed E-state index contributed by atoms with van der Waals surface area (Å²) >= 11 is 0. The Hall–Kier alpha value is -0.780. The Bertz CT molecular complexity index is 221. The van der Waals surface area contributed by atoms with Crippen LogP contribution < -0.4 is 5.32 Å². The normalized spacial score (nSPS) is 20.8. The molecule has 0 spiro atoms. The fourth-order valence-electron chi connectivity index (χ4n) is 2.11. The van der Waals surface area contributed by atoms with Gasteiger partial charge in [0.1, 0.15) is 0 Å². The number of piperidine rings is 1. The van der Waals surface area contributed by atoms with Gasteiger partial charge in [0.2, 0.25) is 0 Å². The topological polar surface area (TPSA) is 15.3 Å². The maximum absolute atomic E-state index is 5.30. The fourth-order valence-corrected chi connectivity index (χ4v) is 2.11. The van der Waals surface area contributed by atoms with E-state index in [4.69, 9.17) is 6.42 Å². The lowest BCUT2D eigenvalue weighted by Gasteiger charge is -2.32. The van der Waals surface area contributed by atoms with Crippen LogP contribution in [0, 0.1) is 12.3 Å². The van der Waals surface area contributed by atoms with Gasteiger partial charge in [0, 0.05) is 25.2 Å². The van der Waals surface area contributed by atoms with Gasteiger partial charge in [-0.2, -0.15) is 0 Å². The number of hydrogen-bond acceptors (Lipinski definition) is 2.